The van der Waals surface area contributed by atoms with Crippen molar-refractivity contribution < 1.29 is 13.5 Å². The molecule has 4 nitrogen and oxygen atoms in total. The molecule has 2 aromatic heterocycles. The highest BCUT2D eigenvalue weighted by atomic mass is 19.1. The van der Waals surface area contributed by atoms with E-state index in [0.29, 0.717) is 17.1 Å². The molecule has 0 saturated carbocycles. The Bertz CT molecular complexity index is 667. The van der Waals surface area contributed by atoms with Crippen LogP contribution in [0.25, 0.3) is 11.2 Å². The molecule has 0 aliphatic rings. The summed E-state index contributed by atoms with van der Waals surface area (Å²) in [6, 6.07) is 10.6. The lowest BCUT2D eigenvalue weighted by Gasteiger charge is -2.01. The van der Waals surface area contributed by atoms with Gasteiger partial charge in [-0.15, -0.1) is 0 Å². The summed E-state index contributed by atoms with van der Waals surface area (Å²) in [5.74, 6) is 0.650. The van der Waals surface area contributed by atoms with Gasteiger partial charge in [-0.1, -0.05) is 18.2 Å². The molecule has 2 heterocycles. The van der Waals surface area contributed by atoms with Gasteiger partial charge in [-0.25, -0.2) is 14.4 Å². The molecule has 1 aromatic carbocycles. The van der Waals surface area contributed by atoms with E-state index >= 15 is 0 Å². The number of hydrogen-bond acceptors (Lipinski definition) is 4. The van der Waals surface area contributed by atoms with Crippen LogP contribution in [-0.2, 0) is 6.61 Å². The first-order chi connectivity index (χ1) is 8.81. The molecule has 0 atom stereocenters. The second-order valence-corrected chi connectivity index (χ2v) is 3.69. The molecule has 0 N–H and O–H groups in total. The van der Waals surface area contributed by atoms with E-state index in [1.807, 2.05) is 30.3 Å². The van der Waals surface area contributed by atoms with Crippen molar-refractivity contribution >= 4 is 11.2 Å². The van der Waals surface area contributed by atoms with Crippen LogP contribution in [-0.4, -0.2) is 9.97 Å². The van der Waals surface area contributed by atoms with E-state index in [2.05, 4.69) is 9.97 Å². The van der Waals surface area contributed by atoms with Gasteiger partial charge in [0.2, 0.25) is 11.6 Å². The van der Waals surface area contributed by atoms with Crippen LogP contribution in [0.2, 0.25) is 0 Å². The number of pyridine rings is 1. The molecule has 0 unspecified atom stereocenters. The predicted molar refractivity (Wildman–Crippen MR) is 62.5 cm³/mol. The van der Waals surface area contributed by atoms with Crippen LogP contribution in [0.15, 0.2) is 47.0 Å². The van der Waals surface area contributed by atoms with Crippen molar-refractivity contribution in [2.75, 3.05) is 0 Å². The molecular weight excluding hydrogens is 235 g/mol. The molecule has 18 heavy (non-hydrogen) atoms. The summed E-state index contributed by atoms with van der Waals surface area (Å²) in [6.07, 6.45) is 1.09. The average molecular weight is 244 g/mol. The highest BCUT2D eigenvalue weighted by Crippen LogP contribution is 2.16. The van der Waals surface area contributed by atoms with E-state index in [9.17, 15) is 4.39 Å². The summed E-state index contributed by atoms with van der Waals surface area (Å²) in [6.45, 7) is 0.183. The Morgan fingerprint density at radius 3 is 2.89 bits per heavy atom. The minimum absolute atomic E-state index is 0.183. The molecule has 0 aliphatic heterocycles. The Morgan fingerprint density at radius 1 is 1.22 bits per heavy atom. The lowest BCUT2D eigenvalue weighted by atomic mass is 10.3. The van der Waals surface area contributed by atoms with E-state index in [-0.39, 0.29) is 6.61 Å². The summed E-state index contributed by atoms with van der Waals surface area (Å²) in [4.78, 5) is 7.89. The molecule has 0 aliphatic carbocycles. The zero-order valence-electron chi connectivity index (χ0n) is 9.34. The van der Waals surface area contributed by atoms with Crippen LogP contribution < -0.4 is 4.74 Å². The zero-order chi connectivity index (χ0) is 12.4. The van der Waals surface area contributed by atoms with Gasteiger partial charge in [0.05, 0.1) is 6.20 Å². The van der Waals surface area contributed by atoms with Gasteiger partial charge in [0.1, 0.15) is 17.1 Å². The standard InChI is InChI=1S/C13H9FN2O2/c14-9-6-11-13(15-7-9)18-12(16-11)8-17-10-4-2-1-3-5-10/h1-7H,8H2. The minimum atomic E-state index is -0.439. The highest BCUT2D eigenvalue weighted by Gasteiger charge is 2.08. The smallest absolute Gasteiger partial charge is 0.247 e. The first-order valence-electron chi connectivity index (χ1n) is 5.40. The van der Waals surface area contributed by atoms with Crippen molar-refractivity contribution in [3.05, 3.63) is 54.3 Å². The maximum Gasteiger partial charge on any atom is 0.247 e. The Balaban J connectivity index is 1.79. The Morgan fingerprint density at radius 2 is 2.06 bits per heavy atom. The third-order valence-corrected chi connectivity index (χ3v) is 2.36. The summed E-state index contributed by atoms with van der Waals surface area (Å²) < 4.78 is 23.7. The number of oxazole rings is 1. The van der Waals surface area contributed by atoms with Gasteiger partial charge in [-0.05, 0) is 12.1 Å². The van der Waals surface area contributed by atoms with Gasteiger partial charge in [0.15, 0.2) is 6.61 Å². The maximum atomic E-state index is 12.9. The van der Waals surface area contributed by atoms with Crippen molar-refractivity contribution in [1.29, 1.82) is 0 Å². The Kier molecular flexibility index (Phi) is 2.64. The van der Waals surface area contributed by atoms with Gasteiger partial charge in [-0.3, -0.25) is 0 Å². The summed E-state index contributed by atoms with van der Waals surface area (Å²) in [5, 5.41) is 0. The van der Waals surface area contributed by atoms with Crippen LogP contribution in [0.1, 0.15) is 5.89 Å². The Labute approximate surface area is 102 Å². The Hall–Kier alpha value is -2.43. The lowest BCUT2D eigenvalue weighted by Crippen LogP contribution is -1.94. The van der Waals surface area contributed by atoms with Crippen molar-refractivity contribution in [3.8, 4) is 5.75 Å². The van der Waals surface area contributed by atoms with Gasteiger partial charge in [-0.2, -0.15) is 0 Å². The first kappa shape index (κ1) is 10.7. The molecule has 0 fully saturated rings. The quantitative estimate of drug-likeness (QED) is 0.710. The molecule has 0 radical (unpaired) electrons. The van der Waals surface area contributed by atoms with E-state index in [0.717, 1.165) is 11.9 Å². The number of ether oxygens (including phenoxy) is 1. The normalized spacial score (nSPS) is 10.7. The second kappa shape index (κ2) is 4.44. The number of benzene rings is 1. The van der Waals surface area contributed by atoms with Gasteiger partial charge < -0.3 is 9.15 Å². The predicted octanol–water partition coefficient (Wildman–Crippen LogP) is 2.94. The third-order valence-electron chi connectivity index (χ3n) is 2.36. The SMILES string of the molecule is Fc1cnc2oc(COc3ccccc3)nc2c1. The third kappa shape index (κ3) is 2.15. The van der Waals surface area contributed by atoms with E-state index in [4.69, 9.17) is 9.15 Å². The number of para-hydroxylation sites is 1. The molecule has 0 bridgehead atoms. The number of rotatable bonds is 3. The molecule has 5 heteroatoms. The van der Waals surface area contributed by atoms with Crippen LogP contribution in [0.4, 0.5) is 4.39 Å². The van der Waals surface area contributed by atoms with Crippen molar-refractivity contribution in [1.82, 2.24) is 9.97 Å². The summed E-state index contributed by atoms with van der Waals surface area (Å²) in [5.41, 5.74) is 0.699. The number of hydrogen-bond donors (Lipinski definition) is 0. The highest BCUT2D eigenvalue weighted by molar-refractivity contribution is 5.67. The maximum absolute atomic E-state index is 12.9. The fourth-order valence-corrected chi connectivity index (χ4v) is 1.57. The number of halogens is 1. The van der Waals surface area contributed by atoms with Crippen LogP contribution in [0.3, 0.4) is 0 Å². The average Bonchev–Trinajstić information content (AvgIpc) is 2.79. The molecular formula is C13H9FN2O2. The van der Waals surface area contributed by atoms with Crippen LogP contribution >= 0.6 is 0 Å². The molecule has 0 spiro atoms. The lowest BCUT2D eigenvalue weighted by molar-refractivity contribution is 0.266. The van der Waals surface area contributed by atoms with Gasteiger partial charge in [0.25, 0.3) is 0 Å². The summed E-state index contributed by atoms with van der Waals surface area (Å²) >= 11 is 0. The van der Waals surface area contributed by atoms with E-state index in [1.165, 1.54) is 6.07 Å². The van der Waals surface area contributed by atoms with Crippen LogP contribution in [0.5, 0.6) is 5.75 Å². The second-order valence-electron chi connectivity index (χ2n) is 3.69. The molecule has 0 amide bonds. The van der Waals surface area contributed by atoms with Crippen molar-refractivity contribution in [3.63, 3.8) is 0 Å². The molecule has 0 saturated heterocycles. The van der Waals surface area contributed by atoms with E-state index in [1.54, 1.807) is 0 Å². The molecule has 90 valence electrons. The zero-order valence-corrected chi connectivity index (χ0v) is 9.34. The van der Waals surface area contributed by atoms with Gasteiger partial charge >= 0.3 is 0 Å². The van der Waals surface area contributed by atoms with E-state index < -0.39 is 5.82 Å². The number of fused-ring (bicyclic) bond motifs is 1. The van der Waals surface area contributed by atoms with Crippen molar-refractivity contribution in [2.45, 2.75) is 6.61 Å². The topological polar surface area (TPSA) is 48.2 Å². The fraction of sp³-hybridized carbons (Fsp3) is 0.0769. The molecule has 3 aromatic rings. The monoisotopic (exact) mass is 244 g/mol. The summed E-state index contributed by atoms with van der Waals surface area (Å²) in [7, 11) is 0. The fourth-order valence-electron chi connectivity index (χ4n) is 1.57. The largest absolute Gasteiger partial charge is 0.484 e. The number of nitrogens with zero attached hydrogens (tertiary/aromatic N) is 2. The van der Waals surface area contributed by atoms with Gasteiger partial charge in [0, 0.05) is 6.07 Å². The molecule has 3 rings (SSSR count). The van der Waals surface area contributed by atoms with Crippen LogP contribution in [0, 0.1) is 5.82 Å². The van der Waals surface area contributed by atoms with Crippen molar-refractivity contribution in [2.24, 2.45) is 0 Å². The minimum Gasteiger partial charge on any atom is -0.484 e. The number of aromatic nitrogens is 2. The first-order valence-corrected chi connectivity index (χ1v) is 5.40.